The maximum atomic E-state index is 13.3. The summed E-state index contributed by atoms with van der Waals surface area (Å²) >= 11 is 7.77. The fourth-order valence-corrected chi connectivity index (χ4v) is 4.07. The number of dihydropyridines is 1. The number of pyridine rings is 1. The van der Waals surface area contributed by atoms with Crippen molar-refractivity contribution in [3.63, 3.8) is 0 Å². The van der Waals surface area contributed by atoms with Gasteiger partial charge in [0.15, 0.2) is 0 Å². The third-order valence-electron chi connectivity index (χ3n) is 4.52. The normalized spacial score (nSPS) is 16.2. The van der Waals surface area contributed by atoms with Gasteiger partial charge in [-0.05, 0) is 36.9 Å². The molecule has 148 valence electrons. The molecular weight excluding hydrogens is 408 g/mol. The molecule has 0 bridgehead atoms. The molecule has 8 heteroatoms. The summed E-state index contributed by atoms with van der Waals surface area (Å²) in [5, 5.41) is 7.04. The molecule has 1 atom stereocenters. The largest absolute Gasteiger partial charge is 0.495 e. The molecule has 1 aromatic heterocycles. The van der Waals surface area contributed by atoms with E-state index in [1.54, 1.807) is 37.6 Å². The maximum Gasteiger partial charge on any atom is 0.253 e. The van der Waals surface area contributed by atoms with Crippen molar-refractivity contribution in [2.24, 2.45) is 0 Å². The summed E-state index contributed by atoms with van der Waals surface area (Å²) < 4.78 is 5.33. The van der Waals surface area contributed by atoms with Crippen molar-refractivity contribution >= 4 is 35.0 Å². The van der Waals surface area contributed by atoms with Crippen molar-refractivity contribution in [1.82, 2.24) is 10.3 Å². The first kappa shape index (κ1) is 20.8. The highest BCUT2D eigenvalue weighted by molar-refractivity contribution is 8.02. The van der Waals surface area contributed by atoms with Crippen molar-refractivity contribution < 1.29 is 9.53 Å². The molecule has 0 saturated heterocycles. The Labute approximate surface area is 178 Å². The summed E-state index contributed by atoms with van der Waals surface area (Å²) in [6.45, 7) is 9.55. The summed E-state index contributed by atoms with van der Waals surface area (Å²) in [5.74, 6) is -0.428. The molecule has 0 saturated carbocycles. The zero-order chi connectivity index (χ0) is 21.0. The molecule has 3 rings (SSSR count). The topological polar surface area (TPSA) is 67.6 Å². The lowest BCUT2D eigenvalue weighted by atomic mass is 9.85. The number of rotatable bonds is 5. The molecule has 2 aromatic rings. The van der Waals surface area contributed by atoms with Crippen LogP contribution in [0.25, 0.3) is 4.85 Å². The minimum atomic E-state index is -0.632. The highest BCUT2D eigenvalue weighted by Gasteiger charge is 2.36. The summed E-state index contributed by atoms with van der Waals surface area (Å²) in [4.78, 5) is 21.2. The van der Waals surface area contributed by atoms with Crippen molar-refractivity contribution in [3.8, 4) is 5.75 Å². The summed E-state index contributed by atoms with van der Waals surface area (Å²) in [6.07, 6.45) is 3.46. The zero-order valence-corrected chi connectivity index (χ0v) is 17.7. The molecule has 0 radical (unpaired) electrons. The van der Waals surface area contributed by atoms with Crippen LogP contribution in [0.2, 0.25) is 5.15 Å². The Kier molecular flexibility index (Phi) is 6.47. The fourth-order valence-electron chi connectivity index (χ4n) is 3.21. The van der Waals surface area contributed by atoms with Gasteiger partial charge in [-0.25, -0.2) is 9.83 Å². The van der Waals surface area contributed by atoms with Crippen LogP contribution in [-0.4, -0.2) is 24.3 Å². The van der Waals surface area contributed by atoms with Gasteiger partial charge < -0.3 is 15.4 Å². The van der Waals surface area contributed by atoms with Crippen molar-refractivity contribution in [2.75, 3.05) is 18.7 Å². The molecule has 2 heterocycles. The Morgan fingerprint density at radius 1 is 1.34 bits per heavy atom. The lowest BCUT2D eigenvalue weighted by molar-refractivity contribution is -0.113. The second kappa shape index (κ2) is 9.03. The van der Waals surface area contributed by atoms with Crippen LogP contribution in [0.5, 0.6) is 5.75 Å². The first-order valence-electron chi connectivity index (χ1n) is 8.70. The second-order valence-electron chi connectivity index (χ2n) is 6.16. The summed E-state index contributed by atoms with van der Waals surface area (Å²) in [6, 6.07) is 10.7. The zero-order valence-electron chi connectivity index (χ0n) is 16.1. The molecule has 1 unspecified atom stereocenters. The monoisotopic (exact) mass is 426 g/mol. The number of halogens is 1. The number of ether oxygens (including phenoxy) is 1. The third-order valence-corrected chi connectivity index (χ3v) is 5.56. The van der Waals surface area contributed by atoms with Crippen molar-refractivity contribution in [2.45, 2.75) is 12.8 Å². The number of nitrogens with one attached hydrogen (secondary N) is 2. The van der Waals surface area contributed by atoms with Gasteiger partial charge in [-0.2, -0.15) is 0 Å². The Morgan fingerprint density at radius 3 is 2.76 bits per heavy atom. The van der Waals surface area contributed by atoms with Crippen LogP contribution in [0.4, 0.5) is 5.69 Å². The number of allylic oxidation sites excluding steroid dienone is 2. The minimum absolute atomic E-state index is 0.261. The molecule has 6 nitrogen and oxygen atoms in total. The summed E-state index contributed by atoms with van der Waals surface area (Å²) in [7, 11) is 1.54. The Bertz CT molecular complexity index is 1060. The van der Waals surface area contributed by atoms with E-state index in [2.05, 4.69) is 20.5 Å². The van der Waals surface area contributed by atoms with E-state index in [0.717, 1.165) is 0 Å². The number of amides is 1. The smallest absolute Gasteiger partial charge is 0.253 e. The number of benzene rings is 1. The predicted octanol–water partition coefficient (Wildman–Crippen LogP) is 4.79. The van der Waals surface area contributed by atoms with Gasteiger partial charge in [-0.3, -0.25) is 4.79 Å². The fraction of sp³-hybridized carbons (Fsp3) is 0.190. The molecule has 0 spiro atoms. The van der Waals surface area contributed by atoms with Gasteiger partial charge in [0.1, 0.15) is 10.9 Å². The first-order chi connectivity index (χ1) is 14.0. The van der Waals surface area contributed by atoms with Crippen LogP contribution < -0.4 is 15.4 Å². The molecule has 2 N–H and O–H groups in total. The number of nitrogens with zero attached hydrogens (tertiary/aromatic N) is 2. The average Bonchev–Trinajstić information content (AvgIpc) is 2.73. The van der Waals surface area contributed by atoms with Gasteiger partial charge >= 0.3 is 0 Å². The van der Waals surface area contributed by atoms with E-state index in [-0.39, 0.29) is 11.1 Å². The van der Waals surface area contributed by atoms with E-state index in [9.17, 15) is 4.79 Å². The Morgan fingerprint density at radius 2 is 2.10 bits per heavy atom. The van der Waals surface area contributed by atoms with Crippen LogP contribution in [0.15, 0.2) is 64.6 Å². The van der Waals surface area contributed by atoms with Crippen LogP contribution >= 0.6 is 23.4 Å². The molecule has 1 aromatic carbocycles. The number of anilines is 1. The van der Waals surface area contributed by atoms with E-state index in [0.29, 0.717) is 39.0 Å². The number of para-hydroxylation sites is 2. The van der Waals surface area contributed by atoms with E-state index in [1.165, 1.54) is 11.8 Å². The van der Waals surface area contributed by atoms with Crippen LogP contribution in [0, 0.1) is 6.57 Å². The summed E-state index contributed by atoms with van der Waals surface area (Å²) in [5.41, 5.74) is 2.62. The molecular formula is C21H19ClN4O2S. The van der Waals surface area contributed by atoms with Crippen molar-refractivity contribution in [1.29, 1.82) is 0 Å². The molecule has 1 amide bonds. The lowest BCUT2D eigenvalue weighted by Crippen LogP contribution is -2.30. The standard InChI is InChI=1S/C21H19ClN4O2S/c1-12-16(20(27)26-14-9-5-6-10-15(14)28-3)17(13-8-7-11-24-19(13)22)18(23-2)21(25-12)29-4/h5-11,17,25H,1,3-4H3,(H,26,27). The number of thioether (sulfide) groups is 1. The number of methoxy groups -OCH3 is 1. The molecule has 1 aliphatic rings. The molecule has 0 fully saturated rings. The quantitative estimate of drug-likeness (QED) is 0.531. The van der Waals surface area contributed by atoms with Gasteiger partial charge in [0.05, 0.1) is 30.3 Å². The van der Waals surface area contributed by atoms with Gasteiger partial charge in [0.25, 0.3) is 5.91 Å². The molecule has 1 aliphatic heterocycles. The van der Waals surface area contributed by atoms with E-state index in [4.69, 9.17) is 22.9 Å². The van der Waals surface area contributed by atoms with Crippen LogP contribution in [0.3, 0.4) is 0 Å². The van der Waals surface area contributed by atoms with Gasteiger partial charge in [-0.1, -0.05) is 29.8 Å². The van der Waals surface area contributed by atoms with E-state index in [1.807, 2.05) is 25.3 Å². The number of carbonyl (C=O) groups is 1. The minimum Gasteiger partial charge on any atom is -0.495 e. The number of carbonyl (C=O) groups excluding carboxylic acids is 1. The highest BCUT2D eigenvalue weighted by atomic mass is 35.5. The predicted molar refractivity (Wildman–Crippen MR) is 117 cm³/mol. The third kappa shape index (κ3) is 4.09. The van der Waals surface area contributed by atoms with Crippen LogP contribution in [-0.2, 0) is 4.79 Å². The first-order valence-corrected chi connectivity index (χ1v) is 10.3. The number of aromatic nitrogens is 1. The van der Waals surface area contributed by atoms with Crippen molar-refractivity contribution in [3.05, 3.63) is 86.7 Å². The molecule has 29 heavy (non-hydrogen) atoms. The van der Waals surface area contributed by atoms with Gasteiger partial charge in [-0.15, -0.1) is 11.8 Å². The van der Waals surface area contributed by atoms with E-state index >= 15 is 0 Å². The maximum absolute atomic E-state index is 13.3. The lowest BCUT2D eigenvalue weighted by Gasteiger charge is -2.29. The second-order valence-corrected chi connectivity index (χ2v) is 7.34. The van der Waals surface area contributed by atoms with Gasteiger partial charge in [0.2, 0.25) is 5.70 Å². The number of hydrogen-bond donors (Lipinski definition) is 2. The van der Waals surface area contributed by atoms with Gasteiger partial charge in [0, 0.05) is 17.5 Å². The van der Waals surface area contributed by atoms with Crippen LogP contribution in [0.1, 0.15) is 18.4 Å². The Hall–Kier alpha value is -2.95. The molecule has 0 aliphatic carbocycles. The number of hydrogen-bond acceptors (Lipinski definition) is 5. The SMILES string of the molecule is [C-]#[N+]C1=C(SC)NC(C)=C(C(=O)Nc2ccccc2OC)C1c1cccnc1Cl. The van der Waals surface area contributed by atoms with E-state index < -0.39 is 5.92 Å². The average molecular weight is 427 g/mol. The Balaban J connectivity index is 2.11. The highest BCUT2D eigenvalue weighted by Crippen LogP contribution is 2.43.